The highest BCUT2D eigenvalue weighted by atomic mass is 16.5. The first-order chi connectivity index (χ1) is 4.70. The van der Waals surface area contributed by atoms with Gasteiger partial charge in [-0.15, -0.1) is 0 Å². The Morgan fingerprint density at radius 2 is 2.50 bits per heavy atom. The SMILES string of the molecule is CCC(C#N)OCC(=O)O. The van der Waals surface area contributed by atoms with Crippen molar-refractivity contribution in [1.82, 2.24) is 0 Å². The number of hydrogen-bond acceptors (Lipinski definition) is 3. The molecule has 56 valence electrons. The minimum atomic E-state index is -1.05. The Bertz CT molecular complexity index is 150. The Hall–Kier alpha value is -1.08. The third-order valence-electron chi connectivity index (χ3n) is 0.923. The van der Waals surface area contributed by atoms with Crippen molar-refractivity contribution in [2.75, 3.05) is 6.61 Å². The Labute approximate surface area is 59.0 Å². The summed E-state index contributed by atoms with van der Waals surface area (Å²) in [5, 5.41) is 16.4. The highest BCUT2D eigenvalue weighted by Crippen LogP contribution is 1.94. The van der Waals surface area contributed by atoms with E-state index in [4.69, 9.17) is 10.4 Å². The predicted octanol–water partition coefficient (Wildman–Crippen LogP) is 0.390. The van der Waals surface area contributed by atoms with Crippen LogP contribution in [0.3, 0.4) is 0 Å². The van der Waals surface area contributed by atoms with E-state index in [1.54, 1.807) is 6.92 Å². The van der Waals surface area contributed by atoms with E-state index < -0.39 is 18.7 Å². The average Bonchev–Trinajstić information content (AvgIpc) is 1.90. The standard InChI is InChI=1S/C6H9NO3/c1-2-5(3-7)10-4-6(8)9/h5H,2,4H2,1H3,(H,8,9). The fourth-order valence-corrected chi connectivity index (χ4v) is 0.418. The van der Waals surface area contributed by atoms with E-state index in [2.05, 4.69) is 4.74 Å². The van der Waals surface area contributed by atoms with E-state index >= 15 is 0 Å². The Morgan fingerprint density at radius 3 is 2.80 bits per heavy atom. The molecule has 0 fully saturated rings. The number of aliphatic carboxylic acids is 1. The molecule has 1 N–H and O–H groups in total. The maximum atomic E-state index is 9.90. The number of carboxylic acid groups (broad SMARTS) is 1. The van der Waals surface area contributed by atoms with Gasteiger partial charge in [0.1, 0.15) is 12.7 Å². The summed E-state index contributed by atoms with van der Waals surface area (Å²) in [6.45, 7) is 1.36. The molecule has 0 aliphatic heterocycles. The third kappa shape index (κ3) is 3.87. The molecule has 0 saturated heterocycles. The summed E-state index contributed by atoms with van der Waals surface area (Å²) in [5.41, 5.74) is 0. The van der Waals surface area contributed by atoms with Crippen molar-refractivity contribution in [2.45, 2.75) is 19.4 Å². The van der Waals surface area contributed by atoms with Gasteiger partial charge < -0.3 is 9.84 Å². The molecule has 0 aromatic heterocycles. The summed E-state index contributed by atoms with van der Waals surface area (Å²) >= 11 is 0. The monoisotopic (exact) mass is 143 g/mol. The molecule has 4 nitrogen and oxygen atoms in total. The minimum Gasteiger partial charge on any atom is -0.480 e. The topological polar surface area (TPSA) is 70.3 Å². The first-order valence-corrected chi connectivity index (χ1v) is 2.93. The zero-order valence-corrected chi connectivity index (χ0v) is 5.70. The highest BCUT2D eigenvalue weighted by molar-refractivity contribution is 5.68. The van der Waals surface area contributed by atoms with E-state index in [1.807, 2.05) is 6.07 Å². The van der Waals surface area contributed by atoms with Crippen molar-refractivity contribution in [3.8, 4) is 6.07 Å². The van der Waals surface area contributed by atoms with Crippen molar-refractivity contribution >= 4 is 5.97 Å². The lowest BCUT2D eigenvalue weighted by Crippen LogP contribution is -2.15. The summed E-state index contributed by atoms with van der Waals surface area (Å²) in [7, 11) is 0. The van der Waals surface area contributed by atoms with Crippen molar-refractivity contribution in [1.29, 1.82) is 5.26 Å². The van der Waals surface area contributed by atoms with Crippen LogP contribution in [0.2, 0.25) is 0 Å². The predicted molar refractivity (Wildman–Crippen MR) is 33.3 cm³/mol. The second-order valence-corrected chi connectivity index (χ2v) is 1.73. The van der Waals surface area contributed by atoms with Crippen molar-refractivity contribution in [2.24, 2.45) is 0 Å². The van der Waals surface area contributed by atoms with Gasteiger partial charge in [0, 0.05) is 0 Å². The molecule has 0 rings (SSSR count). The van der Waals surface area contributed by atoms with Gasteiger partial charge in [0.15, 0.2) is 0 Å². The van der Waals surface area contributed by atoms with Gasteiger partial charge in [0.25, 0.3) is 0 Å². The molecule has 0 spiro atoms. The molecule has 0 heterocycles. The van der Waals surface area contributed by atoms with Gasteiger partial charge in [-0.1, -0.05) is 6.92 Å². The maximum Gasteiger partial charge on any atom is 0.329 e. The summed E-state index contributed by atoms with van der Waals surface area (Å²) in [4.78, 5) is 9.90. The van der Waals surface area contributed by atoms with Crippen LogP contribution in [-0.2, 0) is 9.53 Å². The number of nitriles is 1. The van der Waals surface area contributed by atoms with Gasteiger partial charge >= 0.3 is 5.97 Å². The molecule has 1 unspecified atom stereocenters. The van der Waals surface area contributed by atoms with Gasteiger partial charge in [-0.05, 0) is 6.42 Å². The molecule has 0 aromatic rings. The lowest BCUT2D eigenvalue weighted by Gasteiger charge is -2.03. The number of rotatable bonds is 4. The zero-order valence-electron chi connectivity index (χ0n) is 5.70. The molecule has 0 bridgehead atoms. The summed E-state index contributed by atoms with van der Waals surface area (Å²) in [6, 6.07) is 1.82. The zero-order chi connectivity index (χ0) is 7.98. The summed E-state index contributed by atoms with van der Waals surface area (Å²) in [6.07, 6.45) is -0.0693. The van der Waals surface area contributed by atoms with Crippen LogP contribution in [-0.4, -0.2) is 23.8 Å². The van der Waals surface area contributed by atoms with Crippen LogP contribution in [0.5, 0.6) is 0 Å². The molecule has 1 atom stereocenters. The quantitative estimate of drug-likeness (QED) is 0.618. The van der Waals surface area contributed by atoms with Gasteiger partial charge in [-0.25, -0.2) is 4.79 Å². The van der Waals surface area contributed by atoms with Gasteiger partial charge in [0.05, 0.1) is 6.07 Å². The Morgan fingerprint density at radius 1 is 1.90 bits per heavy atom. The van der Waals surface area contributed by atoms with E-state index in [0.717, 1.165) is 0 Å². The number of ether oxygens (including phenoxy) is 1. The van der Waals surface area contributed by atoms with E-state index in [0.29, 0.717) is 6.42 Å². The smallest absolute Gasteiger partial charge is 0.329 e. The molecular weight excluding hydrogens is 134 g/mol. The lowest BCUT2D eigenvalue weighted by atomic mass is 10.3. The first-order valence-electron chi connectivity index (χ1n) is 2.93. The van der Waals surface area contributed by atoms with Gasteiger partial charge in [-0.2, -0.15) is 5.26 Å². The molecule has 0 amide bonds. The number of carbonyl (C=O) groups is 1. The van der Waals surface area contributed by atoms with Crippen LogP contribution in [0.15, 0.2) is 0 Å². The number of hydrogen-bond donors (Lipinski definition) is 1. The van der Waals surface area contributed by atoms with Crippen LogP contribution in [0, 0.1) is 11.3 Å². The molecular formula is C6H9NO3. The number of carboxylic acids is 1. The van der Waals surface area contributed by atoms with E-state index in [1.165, 1.54) is 0 Å². The molecule has 0 aromatic carbocycles. The van der Waals surface area contributed by atoms with Crippen LogP contribution in [0.25, 0.3) is 0 Å². The van der Waals surface area contributed by atoms with E-state index in [9.17, 15) is 4.79 Å². The van der Waals surface area contributed by atoms with Crippen molar-refractivity contribution < 1.29 is 14.6 Å². The lowest BCUT2D eigenvalue weighted by molar-refractivity contribution is -0.143. The Balaban J connectivity index is 3.47. The fraction of sp³-hybridized carbons (Fsp3) is 0.667. The molecule has 0 aliphatic carbocycles. The molecule has 4 heteroatoms. The second kappa shape index (κ2) is 4.77. The van der Waals surface area contributed by atoms with Gasteiger partial charge in [0.2, 0.25) is 0 Å². The summed E-state index contributed by atoms with van der Waals surface area (Å²) in [5.74, 6) is -1.05. The normalized spacial score (nSPS) is 12.0. The van der Waals surface area contributed by atoms with Crippen LogP contribution in [0.1, 0.15) is 13.3 Å². The van der Waals surface area contributed by atoms with Crippen molar-refractivity contribution in [3.63, 3.8) is 0 Å². The molecule has 0 radical (unpaired) electrons. The highest BCUT2D eigenvalue weighted by Gasteiger charge is 2.05. The maximum absolute atomic E-state index is 9.90. The van der Waals surface area contributed by atoms with Crippen LogP contribution < -0.4 is 0 Å². The minimum absolute atomic E-state index is 0.397. The van der Waals surface area contributed by atoms with Crippen molar-refractivity contribution in [3.05, 3.63) is 0 Å². The third-order valence-corrected chi connectivity index (χ3v) is 0.923. The van der Waals surface area contributed by atoms with Crippen LogP contribution in [0.4, 0.5) is 0 Å². The summed E-state index contributed by atoms with van der Waals surface area (Å²) < 4.78 is 4.64. The second-order valence-electron chi connectivity index (χ2n) is 1.73. The van der Waals surface area contributed by atoms with Crippen LogP contribution >= 0.6 is 0 Å². The largest absolute Gasteiger partial charge is 0.480 e. The van der Waals surface area contributed by atoms with E-state index in [-0.39, 0.29) is 0 Å². The Kier molecular flexibility index (Phi) is 4.25. The van der Waals surface area contributed by atoms with Gasteiger partial charge in [-0.3, -0.25) is 0 Å². The fourth-order valence-electron chi connectivity index (χ4n) is 0.418. The molecule has 0 saturated carbocycles. The molecule has 0 aliphatic rings. The number of nitrogens with zero attached hydrogens (tertiary/aromatic N) is 1. The molecule has 10 heavy (non-hydrogen) atoms. The first kappa shape index (κ1) is 8.92. The average molecular weight is 143 g/mol.